The average Bonchev–Trinajstić information content (AvgIpc) is 2.71. The van der Waals surface area contributed by atoms with Crippen molar-refractivity contribution in [3.8, 4) is 0 Å². The summed E-state index contributed by atoms with van der Waals surface area (Å²) in [6, 6.07) is 8.41. The second-order valence-electron chi connectivity index (χ2n) is 3.78. The van der Waals surface area contributed by atoms with Crippen molar-refractivity contribution in [3.63, 3.8) is 0 Å². The van der Waals surface area contributed by atoms with Crippen LogP contribution in [0, 0.1) is 0 Å². The van der Waals surface area contributed by atoms with Gasteiger partial charge in [0.1, 0.15) is 10.0 Å². The predicted octanol–water partition coefficient (Wildman–Crippen LogP) is 4.18. The molecule has 2 aromatic rings. The zero-order valence-corrected chi connectivity index (χ0v) is 13.2. The first kappa shape index (κ1) is 13.9. The van der Waals surface area contributed by atoms with Crippen molar-refractivity contribution in [1.82, 2.24) is 0 Å². The van der Waals surface area contributed by atoms with Gasteiger partial charge in [0, 0.05) is 18.5 Å². The Morgan fingerprint density at radius 3 is 2.44 bits per heavy atom. The molecule has 0 radical (unpaired) electrons. The molecule has 2 nitrogen and oxygen atoms in total. The van der Waals surface area contributed by atoms with Crippen molar-refractivity contribution >= 4 is 49.0 Å². The fourth-order valence-corrected chi connectivity index (χ4v) is 4.70. The maximum absolute atomic E-state index is 11.3. The van der Waals surface area contributed by atoms with Crippen molar-refractivity contribution < 1.29 is 0 Å². The Balaban J connectivity index is 2.13. The Bertz CT molecular complexity index is 576. The number of benzene rings is 1. The van der Waals surface area contributed by atoms with Gasteiger partial charge in [-0.1, -0.05) is 34.1 Å². The monoisotopic (exact) mass is 317 g/mol. The summed E-state index contributed by atoms with van der Waals surface area (Å²) < 4.78 is -0.0544. The van der Waals surface area contributed by atoms with Crippen LogP contribution in [0.3, 0.4) is 0 Å². The van der Waals surface area contributed by atoms with Gasteiger partial charge in [0.25, 0.3) is 4.74 Å². The first-order valence-electron chi connectivity index (χ1n) is 5.24. The van der Waals surface area contributed by atoms with Crippen molar-refractivity contribution in [3.05, 3.63) is 44.4 Å². The quantitative estimate of drug-likeness (QED) is 0.623. The van der Waals surface area contributed by atoms with Crippen LogP contribution in [-0.4, -0.2) is 13.3 Å². The first-order chi connectivity index (χ1) is 8.61. The minimum absolute atomic E-state index is 0.0544. The minimum Gasteiger partial charge on any atom is -0.360 e. The molecule has 0 spiro atoms. The highest BCUT2D eigenvalue weighted by molar-refractivity contribution is 7.98. The van der Waals surface area contributed by atoms with Crippen LogP contribution >= 0.6 is 44.0 Å². The van der Waals surface area contributed by atoms with E-state index in [2.05, 4.69) is 30.5 Å². The Morgan fingerprint density at radius 1 is 1.28 bits per heavy atom. The van der Waals surface area contributed by atoms with Crippen molar-refractivity contribution in [1.29, 1.82) is 0 Å². The molecule has 96 valence electrons. The summed E-state index contributed by atoms with van der Waals surface area (Å²) in [5.41, 5.74) is 1.21. The van der Waals surface area contributed by atoms with E-state index in [1.807, 2.05) is 11.9 Å². The highest BCUT2D eigenvalue weighted by atomic mass is 35.5. The Morgan fingerprint density at radius 2 is 1.94 bits per heavy atom. The fourth-order valence-electron chi connectivity index (χ4n) is 1.55. The van der Waals surface area contributed by atoms with E-state index in [1.165, 1.54) is 31.1 Å². The van der Waals surface area contributed by atoms with Crippen LogP contribution in [0.2, 0.25) is 5.02 Å². The summed E-state index contributed by atoms with van der Waals surface area (Å²) in [5.74, 6) is 0. The van der Waals surface area contributed by atoms with Gasteiger partial charge in [-0.3, -0.25) is 4.79 Å². The number of rotatable bonds is 4. The second-order valence-corrected chi connectivity index (χ2v) is 7.13. The van der Waals surface area contributed by atoms with Crippen molar-refractivity contribution in [2.24, 2.45) is 0 Å². The average molecular weight is 318 g/mol. The van der Waals surface area contributed by atoms with Gasteiger partial charge in [-0.2, -0.15) is 0 Å². The molecule has 0 aliphatic rings. The number of nitrogens with zero attached hydrogens (tertiary/aromatic N) is 1. The van der Waals surface area contributed by atoms with Crippen LogP contribution in [0.5, 0.6) is 0 Å². The summed E-state index contributed by atoms with van der Waals surface area (Å²) in [6.07, 6.45) is 2.06. The molecule has 2 rings (SSSR count). The lowest BCUT2D eigenvalue weighted by Crippen LogP contribution is -2.16. The molecule has 0 N–H and O–H groups in total. The zero-order valence-electron chi connectivity index (χ0n) is 9.97. The standard InChI is InChI=1S/C12H12ClNOS3/c1-14(11-10(13)12(15)18-17-11)7-8-3-5-9(16-2)6-4-8/h3-6H,7H2,1-2H3. The lowest BCUT2D eigenvalue weighted by atomic mass is 10.2. The van der Waals surface area contributed by atoms with E-state index in [4.69, 9.17) is 11.6 Å². The summed E-state index contributed by atoms with van der Waals surface area (Å²) in [5, 5.41) is 1.19. The molecule has 1 aromatic carbocycles. The van der Waals surface area contributed by atoms with E-state index < -0.39 is 0 Å². The third-order valence-electron chi connectivity index (χ3n) is 2.49. The molecule has 0 bridgehead atoms. The van der Waals surface area contributed by atoms with E-state index in [9.17, 15) is 4.79 Å². The molecule has 1 aromatic heterocycles. The number of halogens is 1. The highest BCUT2D eigenvalue weighted by Crippen LogP contribution is 2.31. The maximum Gasteiger partial charge on any atom is 0.263 e. The van der Waals surface area contributed by atoms with E-state index in [0.717, 1.165) is 11.5 Å². The van der Waals surface area contributed by atoms with Crippen LogP contribution in [0.15, 0.2) is 34.0 Å². The van der Waals surface area contributed by atoms with Gasteiger partial charge in [0.05, 0.1) is 0 Å². The molecule has 0 fully saturated rings. The van der Waals surface area contributed by atoms with E-state index in [0.29, 0.717) is 5.02 Å². The van der Waals surface area contributed by atoms with Crippen molar-refractivity contribution in [2.75, 3.05) is 18.2 Å². The Hall–Kier alpha value is -0.490. The predicted molar refractivity (Wildman–Crippen MR) is 83.8 cm³/mol. The molecule has 6 heteroatoms. The van der Waals surface area contributed by atoms with Crippen LogP contribution in [-0.2, 0) is 6.54 Å². The second kappa shape index (κ2) is 6.10. The zero-order chi connectivity index (χ0) is 13.1. The lowest BCUT2D eigenvalue weighted by Gasteiger charge is -2.17. The normalized spacial score (nSPS) is 10.6. The van der Waals surface area contributed by atoms with E-state index in [-0.39, 0.29) is 4.74 Å². The topological polar surface area (TPSA) is 20.3 Å². The third kappa shape index (κ3) is 3.09. The molecule has 0 saturated carbocycles. The van der Waals surface area contributed by atoms with Gasteiger partial charge < -0.3 is 4.90 Å². The maximum atomic E-state index is 11.3. The number of anilines is 1. The van der Waals surface area contributed by atoms with Gasteiger partial charge >= 0.3 is 0 Å². The van der Waals surface area contributed by atoms with Gasteiger partial charge in [-0.25, -0.2) is 0 Å². The highest BCUT2D eigenvalue weighted by Gasteiger charge is 2.12. The third-order valence-corrected chi connectivity index (χ3v) is 6.10. The van der Waals surface area contributed by atoms with Gasteiger partial charge in [0.2, 0.25) is 0 Å². The first-order valence-corrected chi connectivity index (χ1v) is 8.99. The van der Waals surface area contributed by atoms with Gasteiger partial charge in [-0.15, -0.1) is 11.8 Å². The fraction of sp³-hybridized carbons (Fsp3) is 0.250. The number of thioether (sulfide) groups is 1. The number of hydrogen-bond donors (Lipinski definition) is 0. The van der Waals surface area contributed by atoms with Gasteiger partial charge in [0.15, 0.2) is 0 Å². The molecule has 0 aliphatic heterocycles. The van der Waals surface area contributed by atoms with Crippen LogP contribution in [0.4, 0.5) is 5.00 Å². The molecular weight excluding hydrogens is 306 g/mol. The minimum atomic E-state index is -0.0544. The molecule has 0 atom stereocenters. The summed E-state index contributed by atoms with van der Waals surface area (Å²) in [4.78, 5) is 14.6. The molecule has 18 heavy (non-hydrogen) atoms. The summed E-state index contributed by atoms with van der Waals surface area (Å²) in [7, 11) is 4.57. The van der Waals surface area contributed by atoms with E-state index in [1.54, 1.807) is 11.8 Å². The Labute approximate surface area is 123 Å². The largest absolute Gasteiger partial charge is 0.360 e. The lowest BCUT2D eigenvalue weighted by molar-refractivity contribution is 0.933. The van der Waals surface area contributed by atoms with Crippen molar-refractivity contribution in [2.45, 2.75) is 11.4 Å². The molecule has 0 unspecified atom stereocenters. The molecule has 1 heterocycles. The molecule has 0 aliphatic carbocycles. The van der Waals surface area contributed by atoms with Crippen LogP contribution in [0.25, 0.3) is 0 Å². The molecule has 0 saturated heterocycles. The van der Waals surface area contributed by atoms with Crippen LogP contribution in [0.1, 0.15) is 5.56 Å². The van der Waals surface area contributed by atoms with E-state index >= 15 is 0 Å². The van der Waals surface area contributed by atoms with Crippen LogP contribution < -0.4 is 9.64 Å². The Kier molecular flexibility index (Phi) is 4.72. The summed E-state index contributed by atoms with van der Waals surface area (Å²) >= 11 is 7.71. The molecule has 0 amide bonds. The smallest absolute Gasteiger partial charge is 0.263 e. The van der Waals surface area contributed by atoms with Gasteiger partial charge in [-0.05, 0) is 34.3 Å². The summed E-state index contributed by atoms with van der Waals surface area (Å²) in [6.45, 7) is 0.751. The molecular formula is C12H12ClNOS3. The number of hydrogen-bond acceptors (Lipinski definition) is 5. The SMILES string of the molecule is CSc1ccc(CN(C)c2ssc(=O)c2Cl)cc1.